The van der Waals surface area contributed by atoms with Crippen molar-refractivity contribution in [2.45, 2.75) is 18.2 Å². The summed E-state index contributed by atoms with van der Waals surface area (Å²) in [6.07, 6.45) is 4.27. The van der Waals surface area contributed by atoms with E-state index in [1.807, 2.05) is 24.5 Å². The number of sulfonamides is 1. The zero-order valence-electron chi connectivity index (χ0n) is 16.1. The molecule has 2 aliphatic rings. The average Bonchev–Trinajstić information content (AvgIpc) is 3.38. The van der Waals surface area contributed by atoms with Gasteiger partial charge in [-0.05, 0) is 43.2 Å². The molecule has 158 valence electrons. The third-order valence-corrected chi connectivity index (χ3v) is 7.79. The normalized spacial score (nSPS) is 17.8. The first kappa shape index (κ1) is 20.8. The summed E-state index contributed by atoms with van der Waals surface area (Å²) in [6, 6.07) is 2.34. The lowest BCUT2D eigenvalue weighted by molar-refractivity contribution is -0.128. The number of carbonyl (C=O) groups excluding carboxylic acids is 1. The number of rotatable bonds is 4. The van der Waals surface area contributed by atoms with Gasteiger partial charge in [0.15, 0.2) is 0 Å². The number of benzene rings is 1. The molecule has 0 bridgehead atoms. The van der Waals surface area contributed by atoms with Gasteiger partial charge in [0, 0.05) is 37.1 Å². The molecular formula is C20H19F2N3O3S2. The van der Waals surface area contributed by atoms with Crippen molar-refractivity contribution in [1.29, 1.82) is 0 Å². The van der Waals surface area contributed by atoms with Crippen molar-refractivity contribution in [2.75, 3.05) is 26.2 Å². The lowest BCUT2D eigenvalue weighted by atomic mass is 10.2. The number of amides is 1. The van der Waals surface area contributed by atoms with Crippen LogP contribution in [0.25, 0.3) is 5.57 Å². The monoisotopic (exact) mass is 451 g/mol. The Bertz CT molecular complexity index is 1160. The predicted molar refractivity (Wildman–Crippen MR) is 109 cm³/mol. The molecule has 1 amide bonds. The molecule has 1 aromatic carbocycles. The van der Waals surface area contributed by atoms with E-state index in [0.717, 1.165) is 32.7 Å². The van der Waals surface area contributed by atoms with Gasteiger partial charge in [-0.1, -0.05) is 6.08 Å². The third kappa shape index (κ3) is 3.94. The zero-order valence-corrected chi connectivity index (χ0v) is 17.8. The van der Waals surface area contributed by atoms with Gasteiger partial charge in [-0.15, -0.1) is 11.3 Å². The Labute approximate surface area is 177 Å². The molecule has 0 unspecified atom stereocenters. The Balaban J connectivity index is 1.42. The molecule has 10 heteroatoms. The molecule has 6 nitrogen and oxygen atoms in total. The van der Waals surface area contributed by atoms with Crippen LogP contribution in [0.5, 0.6) is 0 Å². The van der Waals surface area contributed by atoms with E-state index in [1.54, 1.807) is 16.2 Å². The Morgan fingerprint density at radius 3 is 2.57 bits per heavy atom. The highest BCUT2D eigenvalue weighted by Gasteiger charge is 2.33. The second kappa shape index (κ2) is 8.01. The van der Waals surface area contributed by atoms with Gasteiger partial charge in [-0.3, -0.25) is 4.79 Å². The number of halogens is 2. The number of carbonyl (C=O) groups is 1. The van der Waals surface area contributed by atoms with Gasteiger partial charge in [0.05, 0.1) is 10.7 Å². The topological polar surface area (TPSA) is 70.6 Å². The molecule has 1 fully saturated rings. The van der Waals surface area contributed by atoms with Gasteiger partial charge in [0.1, 0.15) is 16.5 Å². The number of thiazole rings is 1. The SMILES string of the molecule is Cc1nc(C2=CCC(C(=O)N3CCN(S(=O)(=O)c4cc(F)ccc4F)CC3)=C2)cs1. The molecule has 1 aliphatic carbocycles. The molecular weight excluding hydrogens is 432 g/mol. The van der Waals surface area contributed by atoms with Crippen molar-refractivity contribution in [2.24, 2.45) is 0 Å². The van der Waals surface area contributed by atoms with Crippen LogP contribution in [0.4, 0.5) is 8.78 Å². The van der Waals surface area contributed by atoms with Crippen LogP contribution in [0.2, 0.25) is 0 Å². The predicted octanol–water partition coefficient (Wildman–Crippen LogP) is 2.98. The van der Waals surface area contributed by atoms with Gasteiger partial charge >= 0.3 is 0 Å². The Kier molecular flexibility index (Phi) is 5.56. The van der Waals surface area contributed by atoms with E-state index in [1.165, 1.54) is 0 Å². The quantitative estimate of drug-likeness (QED) is 0.717. The van der Waals surface area contributed by atoms with E-state index in [2.05, 4.69) is 4.98 Å². The molecule has 2 aromatic rings. The first-order valence-corrected chi connectivity index (χ1v) is 11.7. The van der Waals surface area contributed by atoms with Crippen molar-refractivity contribution in [1.82, 2.24) is 14.2 Å². The lowest BCUT2D eigenvalue weighted by Crippen LogP contribution is -2.50. The van der Waals surface area contributed by atoms with Crippen LogP contribution in [0.1, 0.15) is 17.1 Å². The van der Waals surface area contributed by atoms with Crippen LogP contribution in [0.3, 0.4) is 0 Å². The molecule has 1 aliphatic heterocycles. The number of nitrogens with zero attached hydrogens (tertiary/aromatic N) is 3. The summed E-state index contributed by atoms with van der Waals surface area (Å²) in [5, 5.41) is 2.89. The number of piperazine rings is 1. The Morgan fingerprint density at radius 2 is 1.90 bits per heavy atom. The maximum Gasteiger partial charge on any atom is 0.250 e. The highest BCUT2D eigenvalue weighted by atomic mass is 32.2. The molecule has 30 heavy (non-hydrogen) atoms. The summed E-state index contributed by atoms with van der Waals surface area (Å²) in [5.41, 5.74) is 2.38. The van der Waals surface area contributed by atoms with Crippen molar-refractivity contribution in [3.8, 4) is 0 Å². The van der Waals surface area contributed by atoms with Crippen molar-refractivity contribution in [3.63, 3.8) is 0 Å². The van der Waals surface area contributed by atoms with Crippen molar-refractivity contribution >= 4 is 32.8 Å². The van der Waals surface area contributed by atoms with Crippen LogP contribution in [0.15, 0.2) is 46.2 Å². The average molecular weight is 452 g/mol. The Morgan fingerprint density at radius 1 is 1.17 bits per heavy atom. The van der Waals surface area contributed by atoms with Gasteiger partial charge in [0.25, 0.3) is 0 Å². The van der Waals surface area contributed by atoms with Crippen LogP contribution in [-0.2, 0) is 14.8 Å². The summed E-state index contributed by atoms with van der Waals surface area (Å²) in [6.45, 7) is 2.31. The van der Waals surface area contributed by atoms with Gasteiger partial charge in [-0.25, -0.2) is 22.2 Å². The smallest absolute Gasteiger partial charge is 0.250 e. The minimum atomic E-state index is -4.18. The van der Waals surface area contributed by atoms with E-state index in [0.29, 0.717) is 18.1 Å². The fourth-order valence-electron chi connectivity index (χ4n) is 3.50. The molecule has 0 N–H and O–H groups in total. The van der Waals surface area contributed by atoms with E-state index >= 15 is 0 Å². The van der Waals surface area contributed by atoms with Crippen LogP contribution in [-0.4, -0.2) is 54.7 Å². The molecule has 0 saturated carbocycles. The second-order valence-corrected chi connectivity index (χ2v) is 10.0. The van der Waals surface area contributed by atoms with E-state index in [4.69, 9.17) is 0 Å². The van der Waals surface area contributed by atoms with Crippen molar-refractivity contribution < 1.29 is 22.0 Å². The molecule has 2 heterocycles. The first-order chi connectivity index (χ1) is 14.3. The van der Waals surface area contributed by atoms with E-state index in [9.17, 15) is 22.0 Å². The number of aryl methyl sites for hydroxylation is 1. The maximum atomic E-state index is 14.0. The van der Waals surface area contributed by atoms with E-state index < -0.39 is 26.6 Å². The number of allylic oxidation sites excluding steroid dienone is 3. The van der Waals surface area contributed by atoms with Gasteiger partial charge in [0.2, 0.25) is 15.9 Å². The van der Waals surface area contributed by atoms with Crippen LogP contribution < -0.4 is 0 Å². The highest BCUT2D eigenvalue weighted by molar-refractivity contribution is 7.89. The highest BCUT2D eigenvalue weighted by Crippen LogP contribution is 2.29. The Hall–Kier alpha value is -2.43. The molecule has 0 radical (unpaired) electrons. The maximum absolute atomic E-state index is 14.0. The van der Waals surface area contributed by atoms with Crippen molar-refractivity contribution in [3.05, 3.63) is 63.6 Å². The van der Waals surface area contributed by atoms with Gasteiger partial charge < -0.3 is 4.90 Å². The fourth-order valence-corrected chi connectivity index (χ4v) is 5.62. The minimum absolute atomic E-state index is 0.0167. The summed E-state index contributed by atoms with van der Waals surface area (Å²) < 4.78 is 53.8. The van der Waals surface area contributed by atoms with Crippen LogP contribution >= 0.6 is 11.3 Å². The molecule has 4 rings (SSSR count). The minimum Gasteiger partial charge on any atom is -0.336 e. The first-order valence-electron chi connectivity index (χ1n) is 9.33. The summed E-state index contributed by atoms with van der Waals surface area (Å²) >= 11 is 1.54. The number of hydrogen-bond donors (Lipinski definition) is 0. The summed E-state index contributed by atoms with van der Waals surface area (Å²) in [4.78, 5) is 18.2. The standard InChI is InChI=1S/C20H19F2N3O3S2/c1-13-23-18(12-29-13)14-2-3-15(10-14)20(26)24-6-8-25(9-7-24)30(27,28)19-11-16(21)4-5-17(19)22/h2,4-5,10-12H,3,6-9H2,1H3. The fraction of sp³-hybridized carbons (Fsp3) is 0.300. The summed E-state index contributed by atoms with van der Waals surface area (Å²) in [5.74, 6) is -1.97. The van der Waals surface area contributed by atoms with E-state index in [-0.39, 0.29) is 32.1 Å². The zero-order chi connectivity index (χ0) is 21.5. The number of aromatic nitrogens is 1. The largest absolute Gasteiger partial charge is 0.336 e. The molecule has 1 aromatic heterocycles. The summed E-state index contributed by atoms with van der Waals surface area (Å²) in [7, 11) is -4.18. The van der Waals surface area contributed by atoms with Crippen LogP contribution in [0, 0.1) is 18.6 Å². The molecule has 1 saturated heterocycles. The molecule has 0 spiro atoms. The lowest BCUT2D eigenvalue weighted by Gasteiger charge is -2.34. The third-order valence-electron chi connectivity index (χ3n) is 5.10. The number of hydrogen-bond acceptors (Lipinski definition) is 5. The van der Waals surface area contributed by atoms with Gasteiger partial charge in [-0.2, -0.15) is 4.31 Å². The second-order valence-electron chi connectivity index (χ2n) is 7.06. The molecule has 0 atom stereocenters.